The van der Waals surface area contributed by atoms with Gasteiger partial charge in [-0.25, -0.2) is 0 Å². The van der Waals surface area contributed by atoms with Crippen molar-refractivity contribution in [3.05, 3.63) is 0 Å². The monoisotopic (exact) mass is 140 g/mol. The maximum Gasteiger partial charge on any atom is 0.0171 e. The summed E-state index contributed by atoms with van der Waals surface area (Å²) in [6, 6.07) is 0. The lowest BCUT2D eigenvalue weighted by Crippen LogP contribution is -2.06. The van der Waals surface area contributed by atoms with Crippen LogP contribution in [0.4, 0.5) is 0 Å². The van der Waals surface area contributed by atoms with Crippen molar-refractivity contribution in [3.63, 3.8) is 0 Å². The summed E-state index contributed by atoms with van der Waals surface area (Å²) in [4.78, 5) is 0. The molecule has 9 heavy (non-hydrogen) atoms. The molecule has 0 amide bonds. The lowest BCUT2D eigenvalue weighted by atomic mass is 10.0. The van der Waals surface area contributed by atoms with Gasteiger partial charge in [-0.3, -0.25) is 0 Å². The van der Waals surface area contributed by atoms with E-state index < -0.39 is 0 Å². The zero-order valence-electron chi connectivity index (χ0n) is 5.60. The van der Waals surface area contributed by atoms with Gasteiger partial charge in [0.15, 0.2) is 0 Å². The van der Waals surface area contributed by atoms with Crippen molar-refractivity contribution >= 4 is 11.8 Å². The molecule has 0 bridgehead atoms. The summed E-state index contributed by atoms with van der Waals surface area (Å²) in [6.45, 7) is 0. The molecule has 0 spiro atoms. The Morgan fingerprint density at radius 1 is 1.22 bits per heavy atom. The predicted octanol–water partition coefficient (Wildman–Crippen LogP) is 2.64. The van der Waals surface area contributed by atoms with Crippen LogP contribution in [-0.4, -0.2) is 5.25 Å². The molecule has 1 fully saturated rings. The van der Waals surface area contributed by atoms with Crippen molar-refractivity contribution in [3.8, 4) is 11.7 Å². The third kappa shape index (κ3) is 2.32. The SMILES string of the molecule is C#CSC1CCCCC1. The molecule has 0 N–H and O–H groups in total. The van der Waals surface area contributed by atoms with E-state index in [1.54, 1.807) is 11.8 Å². The largest absolute Gasteiger partial charge is 0.108 e. The molecule has 0 heterocycles. The highest BCUT2D eigenvalue weighted by atomic mass is 32.2. The quantitative estimate of drug-likeness (QED) is 0.504. The fourth-order valence-corrected chi connectivity index (χ4v) is 2.04. The van der Waals surface area contributed by atoms with E-state index in [1.165, 1.54) is 32.1 Å². The molecule has 0 aromatic rings. The van der Waals surface area contributed by atoms with E-state index in [0.29, 0.717) is 0 Å². The minimum absolute atomic E-state index is 0.781. The van der Waals surface area contributed by atoms with Crippen molar-refractivity contribution in [2.24, 2.45) is 0 Å². The molecule has 1 heteroatoms. The zero-order chi connectivity index (χ0) is 6.53. The van der Waals surface area contributed by atoms with Gasteiger partial charge in [-0.2, -0.15) is 0 Å². The molecule has 1 aliphatic carbocycles. The van der Waals surface area contributed by atoms with Crippen LogP contribution in [0.5, 0.6) is 0 Å². The summed E-state index contributed by atoms with van der Waals surface area (Å²) in [6.07, 6.45) is 12.1. The van der Waals surface area contributed by atoms with Crippen molar-refractivity contribution < 1.29 is 0 Å². The van der Waals surface area contributed by atoms with Crippen LogP contribution in [0.3, 0.4) is 0 Å². The second-order valence-corrected chi connectivity index (χ2v) is 3.63. The molecule has 0 saturated heterocycles. The first-order chi connectivity index (χ1) is 4.43. The topological polar surface area (TPSA) is 0 Å². The highest BCUT2D eigenvalue weighted by molar-refractivity contribution is 8.04. The lowest BCUT2D eigenvalue weighted by Gasteiger charge is -2.17. The van der Waals surface area contributed by atoms with Crippen LogP contribution in [-0.2, 0) is 0 Å². The molecule has 1 saturated carbocycles. The Hall–Kier alpha value is -0.0900. The van der Waals surface area contributed by atoms with E-state index in [-0.39, 0.29) is 0 Å². The van der Waals surface area contributed by atoms with E-state index in [2.05, 4.69) is 5.25 Å². The van der Waals surface area contributed by atoms with E-state index in [4.69, 9.17) is 6.42 Å². The average molecular weight is 140 g/mol. The molecule has 0 atom stereocenters. The highest BCUT2D eigenvalue weighted by Crippen LogP contribution is 2.26. The maximum absolute atomic E-state index is 5.17. The van der Waals surface area contributed by atoms with E-state index in [9.17, 15) is 0 Å². The Morgan fingerprint density at radius 2 is 1.89 bits per heavy atom. The van der Waals surface area contributed by atoms with Crippen LogP contribution in [0.1, 0.15) is 32.1 Å². The third-order valence-corrected chi connectivity index (χ3v) is 2.73. The van der Waals surface area contributed by atoms with Crippen LogP contribution < -0.4 is 0 Å². The van der Waals surface area contributed by atoms with Crippen molar-refractivity contribution in [2.45, 2.75) is 37.4 Å². The average Bonchev–Trinajstić information content (AvgIpc) is 1.91. The molecule has 0 aromatic carbocycles. The van der Waals surface area contributed by atoms with Gasteiger partial charge in [-0.1, -0.05) is 31.0 Å². The summed E-state index contributed by atoms with van der Waals surface area (Å²) >= 11 is 1.68. The second kappa shape index (κ2) is 3.85. The number of rotatable bonds is 1. The maximum atomic E-state index is 5.17. The molecule has 0 radical (unpaired) electrons. The Bertz CT molecular complexity index is 106. The third-order valence-electron chi connectivity index (χ3n) is 1.79. The highest BCUT2D eigenvalue weighted by Gasteiger charge is 2.11. The van der Waals surface area contributed by atoms with Gasteiger partial charge in [0.2, 0.25) is 0 Å². The van der Waals surface area contributed by atoms with Crippen molar-refractivity contribution in [2.75, 3.05) is 0 Å². The molecule has 0 aromatic heterocycles. The number of hydrogen-bond donors (Lipinski definition) is 0. The number of thioether (sulfide) groups is 1. The lowest BCUT2D eigenvalue weighted by molar-refractivity contribution is 0.517. The summed E-state index contributed by atoms with van der Waals surface area (Å²) in [5.41, 5.74) is 0. The summed E-state index contributed by atoms with van der Waals surface area (Å²) < 4.78 is 0. The predicted molar refractivity (Wildman–Crippen MR) is 43.3 cm³/mol. The number of terminal acetylenes is 1. The van der Waals surface area contributed by atoms with Crippen LogP contribution >= 0.6 is 11.8 Å². The summed E-state index contributed by atoms with van der Waals surface area (Å²) in [5.74, 6) is 0. The van der Waals surface area contributed by atoms with Gasteiger partial charge in [0.25, 0.3) is 0 Å². The van der Waals surface area contributed by atoms with Crippen molar-refractivity contribution in [1.82, 2.24) is 0 Å². The zero-order valence-corrected chi connectivity index (χ0v) is 6.41. The van der Waals surface area contributed by atoms with E-state index in [1.807, 2.05) is 0 Å². The molecule has 0 aliphatic heterocycles. The van der Waals surface area contributed by atoms with Crippen LogP contribution in [0.15, 0.2) is 0 Å². The molecule has 0 nitrogen and oxygen atoms in total. The molecular formula is C8H12S. The van der Waals surface area contributed by atoms with Gasteiger partial charge in [0.1, 0.15) is 0 Å². The van der Waals surface area contributed by atoms with Crippen molar-refractivity contribution in [1.29, 1.82) is 0 Å². The molecule has 1 aliphatic rings. The Labute approximate surface area is 61.4 Å². The second-order valence-electron chi connectivity index (χ2n) is 2.50. The van der Waals surface area contributed by atoms with Gasteiger partial charge >= 0.3 is 0 Å². The first-order valence-electron chi connectivity index (χ1n) is 3.54. The number of hydrogen-bond acceptors (Lipinski definition) is 1. The van der Waals surface area contributed by atoms with Gasteiger partial charge in [0.05, 0.1) is 0 Å². The Balaban J connectivity index is 2.17. The molecule has 50 valence electrons. The van der Waals surface area contributed by atoms with Gasteiger partial charge < -0.3 is 0 Å². The van der Waals surface area contributed by atoms with Crippen LogP contribution in [0.25, 0.3) is 0 Å². The molecule has 1 rings (SSSR count). The summed E-state index contributed by atoms with van der Waals surface area (Å²) in [7, 11) is 0. The van der Waals surface area contributed by atoms with E-state index >= 15 is 0 Å². The van der Waals surface area contributed by atoms with Crippen LogP contribution in [0, 0.1) is 11.7 Å². The fraction of sp³-hybridized carbons (Fsp3) is 0.750. The Kier molecular flexibility index (Phi) is 3.00. The first-order valence-corrected chi connectivity index (χ1v) is 4.42. The first kappa shape index (κ1) is 7.02. The molecule has 0 unspecified atom stereocenters. The molecular weight excluding hydrogens is 128 g/mol. The van der Waals surface area contributed by atoms with Crippen LogP contribution in [0.2, 0.25) is 0 Å². The summed E-state index contributed by atoms with van der Waals surface area (Å²) in [5, 5.41) is 3.44. The smallest absolute Gasteiger partial charge is 0.0171 e. The van der Waals surface area contributed by atoms with Gasteiger partial charge in [-0.05, 0) is 18.1 Å². The van der Waals surface area contributed by atoms with Gasteiger partial charge in [0, 0.05) is 5.25 Å². The Morgan fingerprint density at radius 3 is 2.44 bits per heavy atom. The van der Waals surface area contributed by atoms with Gasteiger partial charge in [-0.15, -0.1) is 6.42 Å². The normalized spacial score (nSPS) is 21.2. The standard InChI is InChI=1S/C8H12S/c1-2-9-8-6-4-3-5-7-8/h1,8H,3-7H2. The fourth-order valence-electron chi connectivity index (χ4n) is 1.28. The minimum Gasteiger partial charge on any atom is -0.108 e. The minimum atomic E-state index is 0.781. The van der Waals surface area contributed by atoms with E-state index in [0.717, 1.165) is 5.25 Å².